The Kier molecular flexibility index (Phi) is 3.93. The lowest BCUT2D eigenvalue weighted by molar-refractivity contribution is -0.384. The second-order valence-corrected chi connectivity index (χ2v) is 6.57. The number of nitrogens with zero attached hydrogens (tertiary/aromatic N) is 1. The molecule has 1 heterocycles. The van der Waals surface area contributed by atoms with E-state index < -0.39 is 4.92 Å². The second-order valence-electron chi connectivity index (χ2n) is 6.57. The molecule has 0 aliphatic carbocycles. The number of hydrogen-bond donors (Lipinski definition) is 1. The molecule has 0 saturated heterocycles. The quantitative estimate of drug-likeness (QED) is 0.404. The Morgan fingerprint density at radius 1 is 1.17 bits per heavy atom. The van der Waals surface area contributed by atoms with E-state index in [1.807, 2.05) is 18.2 Å². The van der Waals surface area contributed by atoms with Crippen molar-refractivity contribution in [2.45, 2.75) is 25.8 Å². The molecule has 0 amide bonds. The van der Waals surface area contributed by atoms with Gasteiger partial charge in [0.2, 0.25) is 0 Å². The molecule has 5 nitrogen and oxygen atoms in total. The third-order valence-corrected chi connectivity index (χ3v) is 4.05. The first-order valence-corrected chi connectivity index (χ1v) is 7.73. The molecule has 0 fully saturated rings. The van der Waals surface area contributed by atoms with E-state index in [9.17, 15) is 14.9 Å². The molecule has 1 N–H and O–H groups in total. The van der Waals surface area contributed by atoms with Gasteiger partial charge in [0.25, 0.3) is 5.69 Å². The fraction of sp³-hybridized carbons (Fsp3) is 0.211. The number of nitro groups is 1. The molecule has 0 radical (unpaired) electrons. The highest BCUT2D eigenvalue weighted by Gasteiger charge is 2.27. The van der Waals surface area contributed by atoms with Crippen molar-refractivity contribution in [2.75, 3.05) is 0 Å². The summed E-state index contributed by atoms with van der Waals surface area (Å²) in [6.45, 7) is 4.18. The molecule has 0 spiro atoms. The van der Waals surface area contributed by atoms with E-state index in [1.54, 1.807) is 6.08 Å². The Labute approximate surface area is 140 Å². The van der Waals surface area contributed by atoms with E-state index in [0.717, 1.165) is 17.7 Å². The van der Waals surface area contributed by atoms with E-state index in [4.69, 9.17) is 0 Å². The van der Waals surface area contributed by atoms with Crippen LogP contribution in [0.5, 0.6) is 0 Å². The number of rotatable bonds is 3. The minimum atomic E-state index is -0.478. The van der Waals surface area contributed by atoms with Crippen LogP contribution in [0.15, 0.2) is 54.6 Å². The molecule has 5 heteroatoms. The van der Waals surface area contributed by atoms with Gasteiger partial charge in [-0.25, -0.2) is 0 Å². The van der Waals surface area contributed by atoms with Gasteiger partial charge in [0.05, 0.1) is 4.92 Å². The van der Waals surface area contributed by atoms with Crippen LogP contribution in [0.1, 0.15) is 35.3 Å². The number of hydrogen-bond acceptors (Lipinski definition) is 4. The van der Waals surface area contributed by atoms with Gasteiger partial charge in [0.15, 0.2) is 5.78 Å². The third-order valence-electron chi connectivity index (χ3n) is 4.05. The first-order chi connectivity index (χ1) is 11.4. The summed E-state index contributed by atoms with van der Waals surface area (Å²) in [4.78, 5) is 22.8. The number of nitrogens with one attached hydrogen (secondary N) is 1. The summed E-state index contributed by atoms with van der Waals surface area (Å²) < 4.78 is 0. The normalized spacial score (nSPS) is 17.0. The largest absolute Gasteiger partial charge is 0.379 e. The first-order valence-electron chi connectivity index (χ1n) is 7.73. The van der Waals surface area contributed by atoms with Gasteiger partial charge in [-0.3, -0.25) is 14.9 Å². The molecule has 122 valence electrons. The summed E-state index contributed by atoms with van der Waals surface area (Å²) in [5, 5.41) is 14.1. The minimum Gasteiger partial charge on any atom is -0.379 e. The van der Waals surface area contributed by atoms with Gasteiger partial charge in [-0.15, -0.1) is 0 Å². The molecule has 0 saturated carbocycles. The highest BCUT2D eigenvalue weighted by molar-refractivity contribution is 6.08. The van der Waals surface area contributed by atoms with Gasteiger partial charge in [-0.1, -0.05) is 24.3 Å². The Bertz CT molecular complexity index is 836. The third kappa shape index (κ3) is 3.20. The van der Waals surface area contributed by atoms with Crippen LogP contribution in [0.25, 0.3) is 5.70 Å². The highest BCUT2D eigenvalue weighted by atomic mass is 16.6. The molecule has 3 rings (SSSR count). The number of allylic oxidation sites excluding steroid dienone is 1. The maximum Gasteiger partial charge on any atom is 0.269 e. The monoisotopic (exact) mass is 322 g/mol. The predicted molar refractivity (Wildman–Crippen MR) is 92.8 cm³/mol. The van der Waals surface area contributed by atoms with Crippen LogP contribution in [-0.2, 0) is 6.42 Å². The molecule has 1 aliphatic rings. The van der Waals surface area contributed by atoms with Crippen molar-refractivity contribution < 1.29 is 9.72 Å². The van der Waals surface area contributed by atoms with Gasteiger partial charge in [0.1, 0.15) is 0 Å². The van der Waals surface area contributed by atoms with Crippen molar-refractivity contribution in [2.24, 2.45) is 0 Å². The van der Waals surface area contributed by atoms with Crippen molar-refractivity contribution in [1.29, 1.82) is 0 Å². The molecule has 0 bridgehead atoms. The van der Waals surface area contributed by atoms with Gasteiger partial charge in [0, 0.05) is 40.6 Å². The fourth-order valence-corrected chi connectivity index (χ4v) is 2.97. The summed E-state index contributed by atoms with van der Waals surface area (Å²) in [5.41, 5.74) is 3.26. The standard InChI is InChI=1S/C19H18N2O3/c1-19(2)12-14-5-3-4-6-16(14)17(20-19)11-18(22)13-7-9-15(10-8-13)21(23)24/h3-11,20H,12H2,1-2H3. The van der Waals surface area contributed by atoms with Crippen molar-refractivity contribution in [3.8, 4) is 0 Å². The highest BCUT2D eigenvalue weighted by Crippen LogP contribution is 2.29. The van der Waals surface area contributed by atoms with Crippen LogP contribution in [0, 0.1) is 10.1 Å². The summed E-state index contributed by atoms with van der Waals surface area (Å²) in [7, 11) is 0. The van der Waals surface area contributed by atoms with Crippen molar-refractivity contribution in [3.05, 3.63) is 81.4 Å². The summed E-state index contributed by atoms with van der Waals surface area (Å²) in [6.07, 6.45) is 2.45. The number of non-ortho nitro benzene ring substituents is 1. The predicted octanol–water partition coefficient (Wildman–Crippen LogP) is 3.74. The van der Waals surface area contributed by atoms with E-state index in [2.05, 4.69) is 25.2 Å². The number of fused-ring (bicyclic) bond motifs is 1. The maximum atomic E-state index is 12.5. The van der Waals surface area contributed by atoms with Crippen LogP contribution in [0.3, 0.4) is 0 Å². The Morgan fingerprint density at radius 2 is 1.83 bits per heavy atom. The van der Waals surface area contributed by atoms with E-state index >= 15 is 0 Å². The smallest absolute Gasteiger partial charge is 0.269 e. The van der Waals surface area contributed by atoms with E-state index in [1.165, 1.54) is 29.8 Å². The lowest BCUT2D eigenvalue weighted by Gasteiger charge is -2.35. The number of benzene rings is 2. The first kappa shape index (κ1) is 15.9. The molecule has 1 aliphatic heterocycles. The number of carbonyl (C=O) groups is 1. The lowest BCUT2D eigenvalue weighted by atomic mass is 9.85. The van der Waals surface area contributed by atoms with Crippen molar-refractivity contribution >= 4 is 17.2 Å². The minimum absolute atomic E-state index is 0.0264. The molecule has 0 atom stereocenters. The SMILES string of the molecule is CC1(C)Cc2ccccc2C(=CC(=O)c2ccc([N+](=O)[O-])cc2)N1. The van der Waals surface area contributed by atoms with Crippen LogP contribution in [0.4, 0.5) is 5.69 Å². The van der Waals surface area contributed by atoms with E-state index in [0.29, 0.717) is 5.56 Å². The zero-order valence-electron chi connectivity index (χ0n) is 13.6. The lowest BCUT2D eigenvalue weighted by Crippen LogP contribution is -2.43. The fourth-order valence-electron chi connectivity index (χ4n) is 2.97. The number of carbonyl (C=O) groups excluding carboxylic acids is 1. The van der Waals surface area contributed by atoms with Gasteiger partial charge in [-0.05, 0) is 38.0 Å². The van der Waals surface area contributed by atoms with E-state index in [-0.39, 0.29) is 17.0 Å². The summed E-state index contributed by atoms with van der Waals surface area (Å²) >= 11 is 0. The van der Waals surface area contributed by atoms with Crippen molar-refractivity contribution in [1.82, 2.24) is 5.32 Å². The molecular formula is C19H18N2O3. The molecule has 24 heavy (non-hydrogen) atoms. The molecular weight excluding hydrogens is 304 g/mol. The van der Waals surface area contributed by atoms with Crippen LogP contribution < -0.4 is 5.32 Å². The Balaban J connectivity index is 1.95. The summed E-state index contributed by atoms with van der Waals surface area (Å²) in [6, 6.07) is 13.7. The maximum absolute atomic E-state index is 12.5. The van der Waals surface area contributed by atoms with Crippen molar-refractivity contribution in [3.63, 3.8) is 0 Å². The Morgan fingerprint density at radius 3 is 2.50 bits per heavy atom. The number of ketones is 1. The van der Waals surface area contributed by atoms with Crippen LogP contribution >= 0.6 is 0 Å². The number of nitro benzene ring substituents is 1. The molecule has 0 unspecified atom stereocenters. The van der Waals surface area contributed by atoms with Gasteiger partial charge in [-0.2, -0.15) is 0 Å². The second kappa shape index (κ2) is 5.92. The van der Waals surface area contributed by atoms with Crippen LogP contribution in [-0.4, -0.2) is 16.2 Å². The van der Waals surface area contributed by atoms with Gasteiger partial charge >= 0.3 is 0 Å². The molecule has 2 aromatic rings. The van der Waals surface area contributed by atoms with Crippen LogP contribution in [0.2, 0.25) is 0 Å². The molecule has 0 aromatic heterocycles. The molecule has 2 aromatic carbocycles. The average Bonchev–Trinajstić information content (AvgIpc) is 2.53. The summed E-state index contributed by atoms with van der Waals surface area (Å²) in [5.74, 6) is -0.181. The topological polar surface area (TPSA) is 72.2 Å². The Hall–Kier alpha value is -2.95. The zero-order valence-corrected chi connectivity index (χ0v) is 13.6. The van der Waals surface area contributed by atoms with Gasteiger partial charge < -0.3 is 5.32 Å². The zero-order chi connectivity index (χ0) is 17.3. The average molecular weight is 322 g/mol.